The van der Waals surface area contributed by atoms with Crippen LogP contribution in [0.15, 0.2) is 6.07 Å². The molecule has 112 valence electrons. The van der Waals surface area contributed by atoms with Crippen LogP contribution in [-0.2, 0) is 4.74 Å². The Morgan fingerprint density at radius 1 is 1.15 bits per heavy atom. The van der Waals surface area contributed by atoms with E-state index in [1.807, 2.05) is 0 Å². The second kappa shape index (κ2) is 8.55. The van der Waals surface area contributed by atoms with Crippen molar-refractivity contribution in [3.8, 4) is 0 Å². The molecule has 1 rings (SSSR count). The number of aromatic nitrogens is 1. The number of carbonyl (C=O) groups is 1. The average molecular weight is 289 g/mol. The van der Waals surface area contributed by atoms with E-state index in [9.17, 15) is 18.0 Å². The number of rotatable bonds is 8. The van der Waals surface area contributed by atoms with E-state index in [2.05, 4.69) is 11.9 Å². The number of pyridine rings is 1. The molecule has 0 saturated carbocycles. The molecule has 0 unspecified atom stereocenters. The Kier molecular flexibility index (Phi) is 7.04. The van der Waals surface area contributed by atoms with Gasteiger partial charge in [-0.1, -0.05) is 39.0 Å². The number of halogens is 3. The summed E-state index contributed by atoms with van der Waals surface area (Å²) in [6.45, 7) is 2.22. The molecule has 0 aliphatic carbocycles. The molecule has 0 amide bonds. The molecular weight excluding hydrogens is 271 g/mol. The minimum absolute atomic E-state index is 0.107. The Balaban J connectivity index is 2.36. The van der Waals surface area contributed by atoms with Crippen molar-refractivity contribution < 1.29 is 22.7 Å². The molecule has 6 heteroatoms. The zero-order chi connectivity index (χ0) is 15.0. The van der Waals surface area contributed by atoms with Crippen molar-refractivity contribution in [3.05, 3.63) is 29.3 Å². The number of unbranched alkanes of at least 4 members (excludes halogenated alkanes) is 5. The molecule has 0 bridgehead atoms. The normalized spacial score (nSPS) is 10.6. The fourth-order valence-corrected chi connectivity index (χ4v) is 1.74. The number of hydrogen-bond acceptors (Lipinski definition) is 3. The zero-order valence-corrected chi connectivity index (χ0v) is 11.4. The van der Waals surface area contributed by atoms with E-state index in [0.29, 0.717) is 12.5 Å². The highest BCUT2D eigenvalue weighted by Crippen LogP contribution is 2.13. The van der Waals surface area contributed by atoms with Crippen LogP contribution in [0.2, 0.25) is 0 Å². The monoisotopic (exact) mass is 289 g/mol. The van der Waals surface area contributed by atoms with Gasteiger partial charge in [-0.2, -0.15) is 13.8 Å². The topological polar surface area (TPSA) is 39.2 Å². The third-order valence-electron chi connectivity index (χ3n) is 2.84. The minimum Gasteiger partial charge on any atom is -0.462 e. The van der Waals surface area contributed by atoms with Gasteiger partial charge in [-0.3, -0.25) is 0 Å². The first-order chi connectivity index (χ1) is 9.56. The van der Waals surface area contributed by atoms with E-state index in [0.717, 1.165) is 25.7 Å². The first-order valence-corrected chi connectivity index (χ1v) is 6.75. The van der Waals surface area contributed by atoms with Crippen LogP contribution in [0, 0.1) is 17.7 Å². The molecule has 1 heterocycles. The molecule has 0 aliphatic rings. The van der Waals surface area contributed by atoms with Crippen molar-refractivity contribution in [2.24, 2.45) is 0 Å². The van der Waals surface area contributed by atoms with Crippen molar-refractivity contribution in [1.82, 2.24) is 4.98 Å². The van der Waals surface area contributed by atoms with Gasteiger partial charge in [0.05, 0.1) is 6.61 Å². The van der Waals surface area contributed by atoms with E-state index >= 15 is 0 Å². The molecular formula is C14H18F3NO2. The van der Waals surface area contributed by atoms with Gasteiger partial charge in [0.2, 0.25) is 5.95 Å². The highest BCUT2D eigenvalue weighted by Gasteiger charge is 2.19. The summed E-state index contributed by atoms with van der Waals surface area (Å²) in [6.07, 6.45) is 6.02. The highest BCUT2D eigenvalue weighted by atomic mass is 19.2. The number of carbonyl (C=O) groups excluding carboxylic acids is 1. The van der Waals surface area contributed by atoms with Crippen molar-refractivity contribution in [2.75, 3.05) is 6.61 Å². The molecule has 0 N–H and O–H groups in total. The van der Waals surface area contributed by atoms with Crippen LogP contribution in [0.3, 0.4) is 0 Å². The van der Waals surface area contributed by atoms with Gasteiger partial charge in [0, 0.05) is 6.07 Å². The summed E-state index contributed by atoms with van der Waals surface area (Å²) in [6, 6.07) is 0.530. The fourth-order valence-electron chi connectivity index (χ4n) is 1.74. The molecule has 0 aromatic carbocycles. The predicted octanol–water partition coefficient (Wildman–Crippen LogP) is 4.02. The lowest BCUT2D eigenvalue weighted by Crippen LogP contribution is -2.11. The third kappa shape index (κ3) is 5.19. The summed E-state index contributed by atoms with van der Waals surface area (Å²) < 4.78 is 43.7. The van der Waals surface area contributed by atoms with Crippen LogP contribution >= 0.6 is 0 Å². The second-order valence-electron chi connectivity index (χ2n) is 4.50. The number of ether oxygens (including phenoxy) is 1. The number of esters is 1. The summed E-state index contributed by atoms with van der Waals surface area (Å²) in [5.41, 5.74) is -0.763. The van der Waals surface area contributed by atoms with Crippen molar-refractivity contribution >= 4 is 5.97 Å². The second-order valence-corrected chi connectivity index (χ2v) is 4.50. The predicted molar refractivity (Wildman–Crippen MR) is 67.8 cm³/mol. The molecule has 3 nitrogen and oxygen atoms in total. The minimum atomic E-state index is -1.64. The average Bonchev–Trinajstić information content (AvgIpc) is 2.41. The third-order valence-corrected chi connectivity index (χ3v) is 2.84. The van der Waals surface area contributed by atoms with Gasteiger partial charge < -0.3 is 4.74 Å². The number of hydrogen-bond donors (Lipinski definition) is 0. The van der Waals surface area contributed by atoms with Crippen LogP contribution in [0.1, 0.15) is 55.8 Å². The van der Waals surface area contributed by atoms with Crippen LogP contribution in [0.25, 0.3) is 0 Å². The van der Waals surface area contributed by atoms with Crippen LogP contribution in [-0.4, -0.2) is 17.6 Å². The molecule has 0 fully saturated rings. The number of nitrogens with zero attached hydrogens (tertiary/aromatic N) is 1. The summed E-state index contributed by atoms with van der Waals surface area (Å²) in [5.74, 6) is -5.46. The van der Waals surface area contributed by atoms with E-state index in [1.54, 1.807) is 0 Å². The molecule has 0 atom stereocenters. The molecule has 1 aromatic heterocycles. The lowest BCUT2D eigenvalue weighted by molar-refractivity contribution is 0.0489. The Morgan fingerprint density at radius 2 is 1.80 bits per heavy atom. The van der Waals surface area contributed by atoms with Gasteiger partial charge in [0.1, 0.15) is 5.56 Å². The summed E-state index contributed by atoms with van der Waals surface area (Å²) >= 11 is 0. The van der Waals surface area contributed by atoms with Gasteiger partial charge in [-0.15, -0.1) is 0 Å². The van der Waals surface area contributed by atoms with Crippen LogP contribution in [0.4, 0.5) is 13.2 Å². The fraction of sp³-hybridized carbons (Fsp3) is 0.571. The van der Waals surface area contributed by atoms with Gasteiger partial charge in [0.25, 0.3) is 5.95 Å². The Hall–Kier alpha value is -1.59. The Bertz CT molecular complexity index is 452. The summed E-state index contributed by atoms with van der Waals surface area (Å²) in [7, 11) is 0. The van der Waals surface area contributed by atoms with E-state index in [4.69, 9.17) is 4.74 Å². The van der Waals surface area contributed by atoms with E-state index < -0.39 is 29.2 Å². The van der Waals surface area contributed by atoms with Gasteiger partial charge >= 0.3 is 5.97 Å². The maximum Gasteiger partial charge on any atom is 0.341 e. The molecule has 0 radical (unpaired) electrons. The standard InChI is InChI=1S/C14H18F3NO2/c1-2-3-4-5-6-7-8-20-14(19)10-9-11(15)18-13(17)12(10)16/h9H,2-8H2,1H3. The lowest BCUT2D eigenvalue weighted by atomic mass is 10.1. The lowest BCUT2D eigenvalue weighted by Gasteiger charge is -2.06. The smallest absolute Gasteiger partial charge is 0.341 e. The first-order valence-electron chi connectivity index (χ1n) is 6.75. The Morgan fingerprint density at radius 3 is 2.50 bits per heavy atom. The molecule has 0 aliphatic heterocycles. The largest absolute Gasteiger partial charge is 0.462 e. The Labute approximate surface area is 116 Å². The van der Waals surface area contributed by atoms with Gasteiger partial charge in [-0.05, 0) is 6.42 Å². The maximum absolute atomic E-state index is 13.2. The zero-order valence-electron chi connectivity index (χ0n) is 11.4. The van der Waals surface area contributed by atoms with E-state index in [1.165, 1.54) is 6.42 Å². The van der Waals surface area contributed by atoms with E-state index in [-0.39, 0.29) is 6.61 Å². The van der Waals surface area contributed by atoms with Gasteiger partial charge in [0.15, 0.2) is 5.82 Å². The van der Waals surface area contributed by atoms with Crippen molar-refractivity contribution in [2.45, 2.75) is 45.4 Å². The highest BCUT2D eigenvalue weighted by molar-refractivity contribution is 5.89. The quantitative estimate of drug-likeness (QED) is 0.412. The SMILES string of the molecule is CCCCCCCCOC(=O)c1cc(F)nc(F)c1F. The summed E-state index contributed by atoms with van der Waals surface area (Å²) in [5, 5.41) is 0. The van der Waals surface area contributed by atoms with Crippen molar-refractivity contribution in [1.29, 1.82) is 0 Å². The summed E-state index contributed by atoms with van der Waals surface area (Å²) in [4.78, 5) is 14.1. The van der Waals surface area contributed by atoms with Crippen LogP contribution < -0.4 is 0 Å². The molecule has 0 saturated heterocycles. The molecule has 1 aromatic rings. The molecule has 20 heavy (non-hydrogen) atoms. The van der Waals surface area contributed by atoms with Crippen molar-refractivity contribution in [3.63, 3.8) is 0 Å². The van der Waals surface area contributed by atoms with Gasteiger partial charge in [-0.25, -0.2) is 9.18 Å². The van der Waals surface area contributed by atoms with Crippen LogP contribution in [0.5, 0.6) is 0 Å². The molecule has 0 spiro atoms. The maximum atomic E-state index is 13.2. The first kappa shape index (κ1) is 16.5.